The van der Waals surface area contributed by atoms with Gasteiger partial charge in [0.05, 0.1) is 18.7 Å². The van der Waals surface area contributed by atoms with E-state index in [0.717, 1.165) is 18.4 Å². The van der Waals surface area contributed by atoms with Crippen LogP contribution in [0.3, 0.4) is 0 Å². The van der Waals surface area contributed by atoms with Crippen LogP contribution in [0.5, 0.6) is 0 Å². The number of urea groups is 1. The minimum atomic E-state index is -0.608. The molecule has 2 amide bonds. The Bertz CT molecular complexity index is 989. The van der Waals surface area contributed by atoms with Gasteiger partial charge in [0, 0.05) is 23.6 Å². The van der Waals surface area contributed by atoms with Gasteiger partial charge in [-0.25, -0.2) is 19.6 Å². The fraction of sp³-hybridized carbons (Fsp3) is 0.300. The van der Waals surface area contributed by atoms with Crippen molar-refractivity contribution in [1.82, 2.24) is 20.2 Å². The highest BCUT2D eigenvalue weighted by Crippen LogP contribution is 2.39. The Balaban J connectivity index is 1.76. The molecular weight excluding hydrogens is 404 g/mol. The monoisotopic (exact) mass is 426 g/mol. The van der Waals surface area contributed by atoms with Gasteiger partial charge in [0.2, 0.25) is 0 Å². The van der Waals surface area contributed by atoms with Crippen LogP contribution in [-0.4, -0.2) is 45.8 Å². The standard InChI is InChI=1S/C20H22N6O3S/c1-29-18(27)16-13(10-30-19-23-14(21)9-15(22)24-19)26(12-7-8-12)20(28)25-17(16)11-5-3-2-4-6-11/h2-6,9,12,17H,7-8,10H2,1H3,(H,25,28)(H4,21,22,23,24). The lowest BCUT2D eigenvalue weighted by atomic mass is 9.95. The van der Waals surface area contributed by atoms with E-state index >= 15 is 0 Å². The van der Waals surface area contributed by atoms with E-state index in [1.54, 1.807) is 4.90 Å². The highest BCUT2D eigenvalue weighted by molar-refractivity contribution is 7.99. The summed E-state index contributed by atoms with van der Waals surface area (Å²) >= 11 is 1.27. The van der Waals surface area contributed by atoms with Crippen molar-refractivity contribution in [2.24, 2.45) is 0 Å². The van der Waals surface area contributed by atoms with Crippen molar-refractivity contribution in [3.63, 3.8) is 0 Å². The number of rotatable bonds is 6. The summed E-state index contributed by atoms with van der Waals surface area (Å²) in [6, 6.07) is 10.0. The first kappa shape index (κ1) is 20.0. The van der Waals surface area contributed by atoms with Crippen LogP contribution >= 0.6 is 11.8 Å². The molecule has 156 valence electrons. The molecule has 1 saturated carbocycles. The smallest absolute Gasteiger partial charge is 0.338 e. The Morgan fingerprint density at radius 3 is 2.50 bits per heavy atom. The van der Waals surface area contributed by atoms with Crippen LogP contribution in [-0.2, 0) is 9.53 Å². The van der Waals surface area contributed by atoms with E-state index in [9.17, 15) is 9.59 Å². The van der Waals surface area contributed by atoms with Crippen molar-refractivity contribution < 1.29 is 14.3 Å². The molecule has 10 heteroatoms. The number of benzene rings is 1. The predicted molar refractivity (Wildman–Crippen MR) is 113 cm³/mol. The predicted octanol–water partition coefficient (Wildman–Crippen LogP) is 2.09. The largest absolute Gasteiger partial charge is 0.466 e. The van der Waals surface area contributed by atoms with Gasteiger partial charge in [0.1, 0.15) is 11.6 Å². The van der Waals surface area contributed by atoms with Crippen molar-refractivity contribution in [1.29, 1.82) is 0 Å². The van der Waals surface area contributed by atoms with Gasteiger partial charge in [-0.2, -0.15) is 0 Å². The summed E-state index contributed by atoms with van der Waals surface area (Å²) in [7, 11) is 1.34. The number of hydrogen-bond donors (Lipinski definition) is 3. The molecule has 4 rings (SSSR count). The molecule has 0 spiro atoms. The number of nitrogens with zero attached hydrogens (tertiary/aromatic N) is 3. The first-order valence-corrected chi connectivity index (χ1v) is 10.5. The number of esters is 1. The summed E-state index contributed by atoms with van der Waals surface area (Å²) in [5, 5.41) is 3.34. The third-order valence-electron chi connectivity index (χ3n) is 4.91. The number of nitrogens with one attached hydrogen (secondary N) is 1. The van der Waals surface area contributed by atoms with E-state index in [-0.39, 0.29) is 23.7 Å². The third kappa shape index (κ3) is 4.04. The van der Waals surface area contributed by atoms with E-state index in [0.29, 0.717) is 22.2 Å². The molecule has 1 aromatic heterocycles. The number of amides is 2. The molecule has 1 unspecified atom stereocenters. The molecule has 30 heavy (non-hydrogen) atoms. The van der Waals surface area contributed by atoms with Gasteiger partial charge in [0.15, 0.2) is 5.16 Å². The molecular formula is C20H22N6O3S. The lowest BCUT2D eigenvalue weighted by Gasteiger charge is -2.36. The maximum absolute atomic E-state index is 13.0. The van der Waals surface area contributed by atoms with Gasteiger partial charge >= 0.3 is 12.0 Å². The van der Waals surface area contributed by atoms with Crippen LogP contribution in [0.4, 0.5) is 16.4 Å². The highest BCUT2D eigenvalue weighted by Gasteiger charge is 2.43. The average molecular weight is 427 g/mol. The van der Waals surface area contributed by atoms with Crippen molar-refractivity contribution in [2.45, 2.75) is 30.1 Å². The van der Waals surface area contributed by atoms with Gasteiger partial charge in [-0.05, 0) is 18.4 Å². The molecule has 5 N–H and O–H groups in total. The number of carbonyl (C=O) groups is 2. The summed E-state index contributed by atoms with van der Waals surface area (Å²) in [6.45, 7) is 0. The van der Waals surface area contributed by atoms with Crippen LogP contribution < -0.4 is 16.8 Å². The number of hydrogen-bond acceptors (Lipinski definition) is 8. The molecule has 0 radical (unpaired) electrons. The molecule has 1 aromatic carbocycles. The Labute approximate surface area is 177 Å². The molecule has 1 fully saturated rings. The molecule has 1 aliphatic carbocycles. The SMILES string of the molecule is COC(=O)C1=C(CSc2nc(N)cc(N)n2)N(C2CC2)C(=O)NC1c1ccccc1. The molecule has 0 bridgehead atoms. The second kappa shape index (κ2) is 8.23. The van der Waals surface area contributed by atoms with Gasteiger partial charge < -0.3 is 21.5 Å². The first-order valence-electron chi connectivity index (χ1n) is 9.46. The summed E-state index contributed by atoms with van der Waals surface area (Å²) < 4.78 is 5.09. The molecule has 1 aliphatic heterocycles. The van der Waals surface area contributed by atoms with Crippen LogP contribution in [0.2, 0.25) is 0 Å². The molecule has 2 heterocycles. The lowest BCUT2D eigenvalue weighted by Crippen LogP contribution is -2.50. The van der Waals surface area contributed by atoms with Gasteiger partial charge in [-0.1, -0.05) is 42.1 Å². The van der Waals surface area contributed by atoms with Gasteiger partial charge in [0.25, 0.3) is 0 Å². The average Bonchev–Trinajstić information content (AvgIpc) is 3.56. The van der Waals surface area contributed by atoms with Crippen molar-refractivity contribution in [2.75, 3.05) is 24.3 Å². The topological polar surface area (TPSA) is 136 Å². The number of nitrogens with two attached hydrogens (primary N) is 2. The van der Waals surface area contributed by atoms with Gasteiger partial charge in [-0.3, -0.25) is 4.90 Å². The molecule has 2 aliphatic rings. The zero-order valence-corrected chi connectivity index (χ0v) is 17.2. The Morgan fingerprint density at radius 2 is 1.90 bits per heavy atom. The normalized spacial score (nSPS) is 18.9. The summed E-state index contributed by atoms with van der Waals surface area (Å²) in [6.07, 6.45) is 1.77. The summed E-state index contributed by atoms with van der Waals surface area (Å²) in [5.41, 5.74) is 13.3. The lowest BCUT2D eigenvalue weighted by molar-refractivity contribution is -0.136. The van der Waals surface area contributed by atoms with Crippen molar-refractivity contribution in [3.8, 4) is 0 Å². The number of aromatic nitrogens is 2. The van der Waals surface area contributed by atoms with E-state index in [1.165, 1.54) is 24.9 Å². The van der Waals surface area contributed by atoms with Crippen molar-refractivity contribution >= 4 is 35.4 Å². The minimum absolute atomic E-state index is 0.0591. The van der Waals surface area contributed by atoms with E-state index in [1.807, 2.05) is 30.3 Å². The Hall–Kier alpha value is -3.27. The fourth-order valence-corrected chi connectivity index (χ4v) is 4.35. The van der Waals surface area contributed by atoms with Crippen LogP contribution in [0, 0.1) is 0 Å². The summed E-state index contributed by atoms with van der Waals surface area (Å²) in [5.74, 6) is 0.322. The molecule has 2 aromatic rings. The number of nitrogen functional groups attached to an aromatic ring is 2. The first-order chi connectivity index (χ1) is 14.5. The van der Waals surface area contributed by atoms with Crippen LogP contribution in [0.15, 0.2) is 52.8 Å². The number of thioether (sulfide) groups is 1. The number of anilines is 2. The fourth-order valence-electron chi connectivity index (χ4n) is 3.45. The maximum Gasteiger partial charge on any atom is 0.338 e. The molecule has 0 saturated heterocycles. The zero-order valence-electron chi connectivity index (χ0n) is 16.4. The Kier molecular flexibility index (Phi) is 5.49. The molecule has 1 atom stereocenters. The van der Waals surface area contributed by atoms with Crippen LogP contribution in [0.25, 0.3) is 0 Å². The second-order valence-electron chi connectivity index (χ2n) is 7.04. The third-order valence-corrected chi connectivity index (χ3v) is 5.77. The van der Waals surface area contributed by atoms with E-state index in [2.05, 4.69) is 15.3 Å². The quantitative estimate of drug-likeness (QED) is 0.363. The number of methoxy groups -OCH3 is 1. The highest BCUT2D eigenvalue weighted by atomic mass is 32.2. The van der Waals surface area contributed by atoms with Gasteiger partial charge in [-0.15, -0.1) is 0 Å². The van der Waals surface area contributed by atoms with E-state index in [4.69, 9.17) is 16.2 Å². The Morgan fingerprint density at radius 1 is 1.23 bits per heavy atom. The van der Waals surface area contributed by atoms with E-state index < -0.39 is 12.0 Å². The van der Waals surface area contributed by atoms with Crippen LogP contribution in [0.1, 0.15) is 24.4 Å². The second-order valence-corrected chi connectivity index (χ2v) is 7.98. The minimum Gasteiger partial charge on any atom is -0.466 e. The number of ether oxygens (including phenoxy) is 1. The summed E-state index contributed by atoms with van der Waals surface area (Å²) in [4.78, 5) is 35.9. The zero-order chi connectivity index (χ0) is 21.3. The van der Waals surface area contributed by atoms with Crippen molar-refractivity contribution in [3.05, 3.63) is 53.2 Å². The molecule has 9 nitrogen and oxygen atoms in total. The maximum atomic E-state index is 13.0. The number of carbonyl (C=O) groups excluding carboxylic acids is 2.